The highest BCUT2D eigenvalue weighted by Gasteiger charge is 1.96. The summed E-state index contributed by atoms with van der Waals surface area (Å²) in [5.74, 6) is 0.930. The summed E-state index contributed by atoms with van der Waals surface area (Å²) in [4.78, 5) is 4.30. The van der Waals surface area contributed by atoms with Crippen molar-refractivity contribution in [1.29, 1.82) is 0 Å². The Morgan fingerprint density at radius 3 is 2.63 bits per heavy atom. The van der Waals surface area contributed by atoms with Crippen LogP contribution in [0.15, 0.2) is 48.7 Å². The van der Waals surface area contributed by atoms with Crippen LogP contribution >= 0.6 is 0 Å². The van der Waals surface area contributed by atoms with Crippen LogP contribution in [0.1, 0.15) is 18.2 Å². The van der Waals surface area contributed by atoms with Crippen molar-refractivity contribution < 1.29 is 4.74 Å². The monoisotopic (exact) mass is 256 g/mol. The van der Waals surface area contributed by atoms with Gasteiger partial charge < -0.3 is 10.1 Å². The molecule has 100 valence electrons. The third-order valence-corrected chi connectivity index (χ3v) is 2.85. The maximum absolute atomic E-state index is 5.42. The molecular formula is C16H20N2O. The SMILES string of the molecule is CCOc1ccc(CNCCc2ccccn2)cc1. The third-order valence-electron chi connectivity index (χ3n) is 2.85. The van der Waals surface area contributed by atoms with Crippen LogP contribution in [-0.2, 0) is 13.0 Å². The molecule has 0 aliphatic heterocycles. The van der Waals surface area contributed by atoms with Crippen molar-refractivity contribution in [2.45, 2.75) is 19.9 Å². The molecule has 19 heavy (non-hydrogen) atoms. The van der Waals surface area contributed by atoms with Gasteiger partial charge in [-0.3, -0.25) is 4.98 Å². The minimum atomic E-state index is 0.710. The fourth-order valence-corrected chi connectivity index (χ4v) is 1.87. The quantitative estimate of drug-likeness (QED) is 0.773. The van der Waals surface area contributed by atoms with Crippen LogP contribution < -0.4 is 10.1 Å². The summed E-state index contributed by atoms with van der Waals surface area (Å²) in [6, 6.07) is 14.2. The Labute approximate surface area is 114 Å². The molecule has 0 spiro atoms. The average Bonchev–Trinajstić information content (AvgIpc) is 2.47. The summed E-state index contributed by atoms with van der Waals surface area (Å²) in [5, 5.41) is 3.42. The second-order valence-corrected chi connectivity index (χ2v) is 4.32. The van der Waals surface area contributed by atoms with Crippen LogP contribution in [0, 0.1) is 0 Å². The zero-order valence-electron chi connectivity index (χ0n) is 11.3. The number of rotatable bonds is 7. The van der Waals surface area contributed by atoms with Crippen LogP contribution in [0.5, 0.6) is 5.75 Å². The Kier molecular flexibility index (Phi) is 5.38. The highest BCUT2D eigenvalue weighted by molar-refractivity contribution is 5.27. The fraction of sp³-hybridized carbons (Fsp3) is 0.312. The lowest BCUT2D eigenvalue weighted by Crippen LogP contribution is -2.17. The topological polar surface area (TPSA) is 34.1 Å². The van der Waals surface area contributed by atoms with E-state index in [0.717, 1.165) is 31.0 Å². The second kappa shape index (κ2) is 7.54. The summed E-state index contributed by atoms with van der Waals surface area (Å²) in [7, 11) is 0. The minimum absolute atomic E-state index is 0.710. The molecule has 0 saturated heterocycles. The normalized spacial score (nSPS) is 10.4. The summed E-state index contributed by atoms with van der Waals surface area (Å²) < 4.78 is 5.42. The van der Waals surface area contributed by atoms with Crippen LogP contribution in [-0.4, -0.2) is 18.1 Å². The lowest BCUT2D eigenvalue weighted by molar-refractivity contribution is 0.340. The van der Waals surface area contributed by atoms with Gasteiger partial charge in [0.25, 0.3) is 0 Å². The maximum atomic E-state index is 5.42. The average molecular weight is 256 g/mol. The highest BCUT2D eigenvalue weighted by Crippen LogP contribution is 2.11. The van der Waals surface area contributed by atoms with E-state index in [1.807, 2.05) is 37.4 Å². The molecule has 0 unspecified atom stereocenters. The number of aromatic nitrogens is 1. The van der Waals surface area contributed by atoms with Gasteiger partial charge in [0.1, 0.15) is 5.75 Å². The van der Waals surface area contributed by atoms with Gasteiger partial charge in [-0.25, -0.2) is 0 Å². The molecule has 0 atom stereocenters. The van der Waals surface area contributed by atoms with Gasteiger partial charge in [0, 0.05) is 31.4 Å². The van der Waals surface area contributed by atoms with Gasteiger partial charge in [0.2, 0.25) is 0 Å². The predicted molar refractivity (Wildman–Crippen MR) is 77.3 cm³/mol. The molecule has 3 heteroatoms. The van der Waals surface area contributed by atoms with E-state index in [4.69, 9.17) is 4.74 Å². The van der Waals surface area contributed by atoms with Crippen molar-refractivity contribution in [2.24, 2.45) is 0 Å². The minimum Gasteiger partial charge on any atom is -0.494 e. The fourth-order valence-electron chi connectivity index (χ4n) is 1.87. The molecule has 0 amide bonds. The van der Waals surface area contributed by atoms with Crippen LogP contribution in [0.2, 0.25) is 0 Å². The standard InChI is InChI=1S/C16H20N2O/c1-2-19-16-8-6-14(7-9-16)13-17-12-10-15-5-3-4-11-18-15/h3-9,11,17H,2,10,12-13H2,1H3. The first-order chi connectivity index (χ1) is 9.38. The number of pyridine rings is 1. The maximum Gasteiger partial charge on any atom is 0.119 e. The first kappa shape index (κ1) is 13.6. The summed E-state index contributed by atoms with van der Waals surface area (Å²) in [5.41, 5.74) is 2.39. The Morgan fingerprint density at radius 1 is 1.11 bits per heavy atom. The molecule has 1 aromatic carbocycles. The first-order valence-electron chi connectivity index (χ1n) is 6.71. The Hall–Kier alpha value is -1.87. The number of nitrogens with zero attached hydrogens (tertiary/aromatic N) is 1. The zero-order valence-corrected chi connectivity index (χ0v) is 11.3. The third kappa shape index (κ3) is 4.72. The molecular weight excluding hydrogens is 236 g/mol. The van der Waals surface area contributed by atoms with Crippen molar-refractivity contribution in [3.63, 3.8) is 0 Å². The first-order valence-corrected chi connectivity index (χ1v) is 6.71. The molecule has 0 bridgehead atoms. The number of hydrogen-bond acceptors (Lipinski definition) is 3. The van der Waals surface area contributed by atoms with Gasteiger partial charge in [-0.2, -0.15) is 0 Å². The van der Waals surface area contributed by atoms with Gasteiger partial charge in [-0.15, -0.1) is 0 Å². The van der Waals surface area contributed by atoms with Crippen molar-refractivity contribution in [3.05, 3.63) is 59.9 Å². The molecule has 0 aliphatic rings. The molecule has 0 saturated carbocycles. The van der Waals surface area contributed by atoms with E-state index in [1.54, 1.807) is 0 Å². The van der Waals surface area contributed by atoms with Crippen molar-refractivity contribution in [2.75, 3.05) is 13.2 Å². The molecule has 0 aliphatic carbocycles. The van der Waals surface area contributed by atoms with Gasteiger partial charge in [0.05, 0.1) is 6.61 Å². The summed E-state index contributed by atoms with van der Waals surface area (Å²) >= 11 is 0. The largest absolute Gasteiger partial charge is 0.494 e. The molecule has 1 heterocycles. The molecule has 2 aromatic rings. The Bertz CT molecular complexity index is 468. The van der Waals surface area contributed by atoms with Crippen molar-refractivity contribution >= 4 is 0 Å². The lowest BCUT2D eigenvalue weighted by atomic mass is 10.2. The molecule has 2 rings (SSSR count). The number of nitrogens with one attached hydrogen (secondary N) is 1. The molecule has 1 aromatic heterocycles. The van der Waals surface area contributed by atoms with E-state index >= 15 is 0 Å². The van der Waals surface area contributed by atoms with Gasteiger partial charge in [0.15, 0.2) is 0 Å². The van der Waals surface area contributed by atoms with Crippen LogP contribution in [0.3, 0.4) is 0 Å². The van der Waals surface area contributed by atoms with E-state index in [2.05, 4.69) is 28.5 Å². The van der Waals surface area contributed by atoms with Crippen molar-refractivity contribution in [1.82, 2.24) is 10.3 Å². The molecule has 0 fully saturated rings. The van der Waals surface area contributed by atoms with E-state index in [0.29, 0.717) is 6.61 Å². The molecule has 3 nitrogen and oxygen atoms in total. The number of benzene rings is 1. The van der Waals surface area contributed by atoms with Crippen LogP contribution in [0.4, 0.5) is 0 Å². The molecule has 0 radical (unpaired) electrons. The van der Waals surface area contributed by atoms with E-state index < -0.39 is 0 Å². The summed E-state index contributed by atoms with van der Waals surface area (Å²) in [6.07, 6.45) is 2.79. The van der Waals surface area contributed by atoms with Gasteiger partial charge >= 0.3 is 0 Å². The smallest absolute Gasteiger partial charge is 0.119 e. The van der Waals surface area contributed by atoms with E-state index in [1.165, 1.54) is 5.56 Å². The van der Waals surface area contributed by atoms with Crippen LogP contribution in [0.25, 0.3) is 0 Å². The Morgan fingerprint density at radius 2 is 1.95 bits per heavy atom. The lowest BCUT2D eigenvalue weighted by Gasteiger charge is -2.06. The predicted octanol–water partition coefficient (Wildman–Crippen LogP) is 2.81. The van der Waals surface area contributed by atoms with Crippen molar-refractivity contribution in [3.8, 4) is 5.75 Å². The Balaban J connectivity index is 1.70. The zero-order chi connectivity index (χ0) is 13.3. The van der Waals surface area contributed by atoms with Gasteiger partial charge in [-0.1, -0.05) is 18.2 Å². The van der Waals surface area contributed by atoms with Gasteiger partial charge in [-0.05, 0) is 36.8 Å². The second-order valence-electron chi connectivity index (χ2n) is 4.32. The number of ether oxygens (including phenoxy) is 1. The molecule has 1 N–H and O–H groups in total. The highest BCUT2D eigenvalue weighted by atomic mass is 16.5. The van der Waals surface area contributed by atoms with E-state index in [-0.39, 0.29) is 0 Å². The van der Waals surface area contributed by atoms with E-state index in [9.17, 15) is 0 Å². The number of hydrogen-bond donors (Lipinski definition) is 1. The summed E-state index contributed by atoms with van der Waals surface area (Å²) in [6.45, 7) is 4.51.